The number of allylic oxidation sites excluding steroid dienone is 1. The Balaban J connectivity index is 2.36. The van der Waals surface area contributed by atoms with Crippen LogP contribution in [0.4, 0.5) is 0 Å². The number of benzene rings is 2. The summed E-state index contributed by atoms with van der Waals surface area (Å²) in [6.45, 7) is 5.47. The van der Waals surface area contributed by atoms with Gasteiger partial charge < -0.3 is 18.9 Å². The van der Waals surface area contributed by atoms with E-state index in [2.05, 4.69) is 6.58 Å². The molecule has 0 N–H and O–H groups in total. The zero-order valence-corrected chi connectivity index (χ0v) is 18.1. The van der Waals surface area contributed by atoms with E-state index in [-0.39, 0.29) is 30.3 Å². The SMILES string of the molecule is C=CC(=O)Cc1cc(C(C)CC(=O)c2ccc(OC)cc2OC)c(OC)cc1OC. The minimum atomic E-state index is -0.164. The second-order valence-electron chi connectivity index (χ2n) is 6.85. The Kier molecular flexibility index (Phi) is 8.04. The molecule has 0 fully saturated rings. The van der Waals surface area contributed by atoms with E-state index in [4.69, 9.17) is 18.9 Å². The summed E-state index contributed by atoms with van der Waals surface area (Å²) in [6, 6.07) is 8.72. The van der Waals surface area contributed by atoms with E-state index < -0.39 is 0 Å². The number of carbonyl (C=O) groups excluding carboxylic acids is 2. The molecule has 2 aromatic carbocycles. The molecule has 1 atom stereocenters. The van der Waals surface area contributed by atoms with Crippen molar-refractivity contribution in [3.05, 3.63) is 59.7 Å². The van der Waals surface area contributed by atoms with E-state index in [0.29, 0.717) is 28.6 Å². The lowest BCUT2D eigenvalue weighted by Gasteiger charge is -2.19. The van der Waals surface area contributed by atoms with Crippen molar-refractivity contribution >= 4 is 11.6 Å². The van der Waals surface area contributed by atoms with E-state index in [1.165, 1.54) is 13.2 Å². The van der Waals surface area contributed by atoms with Crippen LogP contribution in [-0.2, 0) is 11.2 Å². The van der Waals surface area contributed by atoms with Crippen molar-refractivity contribution in [2.45, 2.75) is 25.7 Å². The molecular formula is C24H28O6. The van der Waals surface area contributed by atoms with Gasteiger partial charge in [-0.25, -0.2) is 0 Å². The van der Waals surface area contributed by atoms with E-state index in [1.54, 1.807) is 45.6 Å². The molecule has 2 aromatic rings. The van der Waals surface area contributed by atoms with Crippen LogP contribution in [0.5, 0.6) is 23.0 Å². The van der Waals surface area contributed by atoms with Gasteiger partial charge in [0.25, 0.3) is 0 Å². The first-order valence-corrected chi connectivity index (χ1v) is 9.53. The number of ketones is 2. The van der Waals surface area contributed by atoms with E-state index in [1.807, 2.05) is 13.0 Å². The van der Waals surface area contributed by atoms with Gasteiger partial charge >= 0.3 is 0 Å². The molecule has 0 amide bonds. The summed E-state index contributed by atoms with van der Waals surface area (Å²) in [7, 11) is 6.18. The summed E-state index contributed by atoms with van der Waals surface area (Å²) in [4.78, 5) is 24.9. The minimum absolute atomic E-state index is 0.0661. The smallest absolute Gasteiger partial charge is 0.167 e. The van der Waals surface area contributed by atoms with Gasteiger partial charge in [-0.2, -0.15) is 0 Å². The highest BCUT2D eigenvalue weighted by molar-refractivity contribution is 5.99. The van der Waals surface area contributed by atoms with Crippen LogP contribution in [0.2, 0.25) is 0 Å². The number of ether oxygens (including phenoxy) is 4. The molecule has 6 nitrogen and oxygen atoms in total. The van der Waals surface area contributed by atoms with Gasteiger partial charge in [-0.15, -0.1) is 0 Å². The lowest BCUT2D eigenvalue weighted by Crippen LogP contribution is -2.09. The molecule has 0 saturated heterocycles. The first-order valence-electron chi connectivity index (χ1n) is 9.53. The van der Waals surface area contributed by atoms with Crippen LogP contribution < -0.4 is 18.9 Å². The van der Waals surface area contributed by atoms with Gasteiger partial charge in [0.2, 0.25) is 0 Å². The molecule has 0 saturated carbocycles. The number of hydrogen-bond acceptors (Lipinski definition) is 6. The number of Topliss-reactive ketones (excluding diaryl/α,β-unsaturated/α-hetero) is 1. The first kappa shape index (κ1) is 23.0. The fraction of sp³-hybridized carbons (Fsp3) is 0.333. The van der Waals surface area contributed by atoms with Gasteiger partial charge in [-0.1, -0.05) is 13.5 Å². The monoisotopic (exact) mass is 412 g/mol. The summed E-state index contributed by atoms with van der Waals surface area (Å²) >= 11 is 0. The largest absolute Gasteiger partial charge is 0.497 e. The Hall–Kier alpha value is -3.28. The number of carbonyl (C=O) groups is 2. The average Bonchev–Trinajstić information content (AvgIpc) is 2.77. The highest BCUT2D eigenvalue weighted by Crippen LogP contribution is 2.37. The van der Waals surface area contributed by atoms with Crippen molar-refractivity contribution in [3.63, 3.8) is 0 Å². The highest BCUT2D eigenvalue weighted by atomic mass is 16.5. The maximum Gasteiger partial charge on any atom is 0.167 e. The minimum Gasteiger partial charge on any atom is -0.497 e. The van der Waals surface area contributed by atoms with Gasteiger partial charge in [0.05, 0.1) is 34.0 Å². The first-order chi connectivity index (χ1) is 14.4. The molecule has 6 heteroatoms. The molecule has 0 radical (unpaired) electrons. The zero-order valence-electron chi connectivity index (χ0n) is 18.1. The van der Waals surface area contributed by atoms with E-state index in [9.17, 15) is 9.59 Å². The lowest BCUT2D eigenvalue weighted by molar-refractivity contribution is -0.114. The van der Waals surface area contributed by atoms with Crippen LogP contribution in [0.1, 0.15) is 40.7 Å². The third-order valence-corrected chi connectivity index (χ3v) is 4.96. The molecule has 0 spiro atoms. The Morgan fingerprint density at radius 3 is 2.17 bits per heavy atom. The summed E-state index contributed by atoms with van der Waals surface area (Å²) in [5, 5.41) is 0. The third-order valence-electron chi connectivity index (χ3n) is 4.96. The Morgan fingerprint density at radius 2 is 1.60 bits per heavy atom. The van der Waals surface area contributed by atoms with Gasteiger partial charge in [0.1, 0.15) is 23.0 Å². The Bertz CT molecular complexity index is 932. The van der Waals surface area contributed by atoms with Crippen molar-refractivity contribution in [2.75, 3.05) is 28.4 Å². The van der Waals surface area contributed by atoms with Crippen LogP contribution in [0.15, 0.2) is 43.0 Å². The normalized spacial score (nSPS) is 11.4. The quantitative estimate of drug-likeness (QED) is 0.403. The van der Waals surface area contributed by atoms with Crippen molar-refractivity contribution in [3.8, 4) is 23.0 Å². The van der Waals surface area contributed by atoms with Crippen molar-refractivity contribution in [2.24, 2.45) is 0 Å². The zero-order chi connectivity index (χ0) is 22.3. The molecule has 0 bridgehead atoms. The van der Waals surface area contributed by atoms with Gasteiger partial charge in [0, 0.05) is 30.5 Å². The number of methoxy groups -OCH3 is 4. The number of rotatable bonds is 11. The van der Waals surface area contributed by atoms with Crippen LogP contribution in [0, 0.1) is 0 Å². The van der Waals surface area contributed by atoms with Crippen LogP contribution >= 0.6 is 0 Å². The maximum atomic E-state index is 13.0. The van der Waals surface area contributed by atoms with Crippen LogP contribution in [-0.4, -0.2) is 40.0 Å². The Morgan fingerprint density at radius 1 is 0.933 bits per heavy atom. The summed E-state index contributed by atoms with van der Waals surface area (Å²) in [5.41, 5.74) is 2.03. The van der Waals surface area contributed by atoms with Crippen LogP contribution in [0.3, 0.4) is 0 Å². The van der Waals surface area contributed by atoms with Crippen molar-refractivity contribution in [1.29, 1.82) is 0 Å². The topological polar surface area (TPSA) is 71.1 Å². The fourth-order valence-corrected chi connectivity index (χ4v) is 3.30. The van der Waals surface area contributed by atoms with E-state index >= 15 is 0 Å². The maximum absolute atomic E-state index is 13.0. The standard InChI is InChI=1S/C24H28O6/c1-7-17(25)11-16-12-20(24(30-6)14-22(16)28-4)15(2)10-21(26)19-9-8-18(27-3)13-23(19)29-5/h7-9,12-15H,1,10-11H2,2-6H3. The second kappa shape index (κ2) is 10.5. The van der Waals surface area contributed by atoms with E-state index in [0.717, 1.165) is 11.1 Å². The van der Waals surface area contributed by atoms with Crippen molar-refractivity contribution < 1.29 is 28.5 Å². The predicted molar refractivity (Wildman–Crippen MR) is 115 cm³/mol. The molecule has 0 aliphatic carbocycles. The second-order valence-corrected chi connectivity index (χ2v) is 6.85. The molecule has 30 heavy (non-hydrogen) atoms. The molecule has 0 aliphatic heterocycles. The lowest BCUT2D eigenvalue weighted by atomic mass is 9.90. The summed E-state index contributed by atoms with van der Waals surface area (Å²) < 4.78 is 21.5. The molecule has 1 unspecified atom stereocenters. The highest BCUT2D eigenvalue weighted by Gasteiger charge is 2.22. The fourth-order valence-electron chi connectivity index (χ4n) is 3.30. The Labute approximate surface area is 177 Å². The average molecular weight is 412 g/mol. The van der Waals surface area contributed by atoms with Crippen LogP contribution in [0.25, 0.3) is 0 Å². The molecule has 0 aromatic heterocycles. The molecule has 0 aliphatic rings. The summed E-state index contributed by atoms with van der Waals surface area (Å²) in [5.74, 6) is 1.89. The van der Waals surface area contributed by atoms with Crippen molar-refractivity contribution in [1.82, 2.24) is 0 Å². The predicted octanol–water partition coefficient (Wildman–Crippen LogP) is 4.40. The molecule has 2 rings (SSSR count). The van der Waals surface area contributed by atoms with Gasteiger partial charge in [0.15, 0.2) is 11.6 Å². The third kappa shape index (κ3) is 5.20. The van der Waals surface area contributed by atoms with Gasteiger partial charge in [-0.3, -0.25) is 9.59 Å². The molecule has 160 valence electrons. The summed E-state index contributed by atoms with van der Waals surface area (Å²) in [6.07, 6.45) is 1.68. The van der Waals surface area contributed by atoms with Gasteiger partial charge in [-0.05, 0) is 35.8 Å². The molecule has 0 heterocycles. The molecular weight excluding hydrogens is 384 g/mol. The number of hydrogen-bond donors (Lipinski definition) is 0.